The predicted octanol–water partition coefficient (Wildman–Crippen LogP) is 2.84. The standard InChI is InChI=1S/C16H22N2O3/c1-10-8-15(13(4)21-10)11(2)18-12(3)16(19)17-9-14-6-5-7-20-14/h5-8,11-12,18H,9H2,1-4H3,(H,17,19). The van der Waals surface area contributed by atoms with E-state index in [2.05, 4.69) is 10.6 Å². The Balaban J connectivity index is 1.86. The van der Waals surface area contributed by atoms with Gasteiger partial charge in [-0.3, -0.25) is 10.1 Å². The molecule has 2 heterocycles. The van der Waals surface area contributed by atoms with Crippen LogP contribution in [0.25, 0.3) is 0 Å². The van der Waals surface area contributed by atoms with Gasteiger partial charge in [0.1, 0.15) is 17.3 Å². The zero-order valence-corrected chi connectivity index (χ0v) is 12.9. The highest BCUT2D eigenvalue weighted by Crippen LogP contribution is 2.21. The minimum absolute atomic E-state index is 0.0480. The van der Waals surface area contributed by atoms with Crippen LogP contribution in [0.15, 0.2) is 33.3 Å². The van der Waals surface area contributed by atoms with Crippen molar-refractivity contribution in [3.63, 3.8) is 0 Å². The Bertz CT molecular complexity index is 587. The molecule has 2 rings (SSSR count). The monoisotopic (exact) mass is 290 g/mol. The molecule has 0 aliphatic rings. The predicted molar refractivity (Wildman–Crippen MR) is 79.7 cm³/mol. The molecule has 2 N–H and O–H groups in total. The third kappa shape index (κ3) is 3.98. The zero-order chi connectivity index (χ0) is 15.4. The van der Waals surface area contributed by atoms with Gasteiger partial charge in [0.25, 0.3) is 0 Å². The molecule has 2 atom stereocenters. The van der Waals surface area contributed by atoms with Crippen LogP contribution in [-0.2, 0) is 11.3 Å². The van der Waals surface area contributed by atoms with Gasteiger partial charge in [0.2, 0.25) is 5.91 Å². The molecule has 114 valence electrons. The molecular formula is C16H22N2O3. The fourth-order valence-electron chi connectivity index (χ4n) is 2.36. The lowest BCUT2D eigenvalue weighted by Crippen LogP contribution is -2.42. The summed E-state index contributed by atoms with van der Waals surface area (Å²) in [4.78, 5) is 12.1. The summed E-state index contributed by atoms with van der Waals surface area (Å²) in [6.07, 6.45) is 1.59. The smallest absolute Gasteiger partial charge is 0.237 e. The lowest BCUT2D eigenvalue weighted by atomic mass is 10.1. The van der Waals surface area contributed by atoms with Crippen molar-refractivity contribution in [2.75, 3.05) is 0 Å². The highest BCUT2D eigenvalue weighted by Gasteiger charge is 2.19. The first-order valence-electron chi connectivity index (χ1n) is 7.10. The van der Waals surface area contributed by atoms with Gasteiger partial charge >= 0.3 is 0 Å². The third-order valence-electron chi connectivity index (χ3n) is 3.46. The third-order valence-corrected chi connectivity index (χ3v) is 3.46. The maximum Gasteiger partial charge on any atom is 0.237 e. The van der Waals surface area contributed by atoms with Crippen LogP contribution in [0.3, 0.4) is 0 Å². The van der Waals surface area contributed by atoms with Gasteiger partial charge in [0.05, 0.1) is 18.8 Å². The number of furan rings is 2. The Hall–Kier alpha value is -2.01. The van der Waals surface area contributed by atoms with Crippen molar-refractivity contribution in [2.45, 2.75) is 46.3 Å². The van der Waals surface area contributed by atoms with Crippen molar-refractivity contribution in [1.29, 1.82) is 0 Å². The van der Waals surface area contributed by atoms with Crippen LogP contribution in [0.2, 0.25) is 0 Å². The first-order chi connectivity index (χ1) is 9.97. The Morgan fingerprint density at radius 1 is 1.33 bits per heavy atom. The number of aryl methyl sites for hydroxylation is 2. The second kappa shape index (κ2) is 6.63. The first-order valence-corrected chi connectivity index (χ1v) is 7.10. The molecule has 5 nitrogen and oxygen atoms in total. The van der Waals surface area contributed by atoms with Gasteiger partial charge in [-0.1, -0.05) is 0 Å². The van der Waals surface area contributed by atoms with E-state index in [-0.39, 0.29) is 18.0 Å². The molecule has 2 aromatic rings. The van der Waals surface area contributed by atoms with E-state index in [0.717, 1.165) is 22.8 Å². The van der Waals surface area contributed by atoms with Gasteiger partial charge in [-0.2, -0.15) is 0 Å². The van der Waals surface area contributed by atoms with E-state index in [1.165, 1.54) is 0 Å². The molecule has 0 aliphatic carbocycles. The normalized spacial score (nSPS) is 13.9. The van der Waals surface area contributed by atoms with Crippen LogP contribution in [0, 0.1) is 13.8 Å². The van der Waals surface area contributed by atoms with Crippen molar-refractivity contribution in [3.05, 3.63) is 47.3 Å². The lowest BCUT2D eigenvalue weighted by molar-refractivity contribution is -0.123. The summed E-state index contributed by atoms with van der Waals surface area (Å²) < 4.78 is 10.7. The van der Waals surface area contributed by atoms with E-state index >= 15 is 0 Å². The van der Waals surface area contributed by atoms with Crippen molar-refractivity contribution >= 4 is 5.91 Å². The summed E-state index contributed by atoms with van der Waals surface area (Å²) >= 11 is 0. The average molecular weight is 290 g/mol. The van der Waals surface area contributed by atoms with E-state index in [0.29, 0.717) is 6.54 Å². The van der Waals surface area contributed by atoms with Gasteiger partial charge < -0.3 is 14.2 Å². The second-order valence-corrected chi connectivity index (χ2v) is 5.28. The van der Waals surface area contributed by atoms with E-state index in [9.17, 15) is 4.79 Å². The number of carbonyl (C=O) groups excluding carboxylic acids is 1. The van der Waals surface area contributed by atoms with Crippen LogP contribution in [0.4, 0.5) is 0 Å². The summed E-state index contributed by atoms with van der Waals surface area (Å²) in [7, 11) is 0. The van der Waals surface area contributed by atoms with Crippen molar-refractivity contribution in [1.82, 2.24) is 10.6 Å². The largest absolute Gasteiger partial charge is 0.467 e. The summed E-state index contributed by atoms with van der Waals surface area (Å²) in [5.74, 6) is 2.45. The maximum atomic E-state index is 12.1. The molecular weight excluding hydrogens is 268 g/mol. The van der Waals surface area contributed by atoms with Crippen molar-refractivity contribution in [2.24, 2.45) is 0 Å². The van der Waals surface area contributed by atoms with Gasteiger partial charge in [0, 0.05) is 11.6 Å². The first kappa shape index (κ1) is 15.4. The summed E-state index contributed by atoms with van der Waals surface area (Å²) in [6, 6.07) is 5.38. The van der Waals surface area contributed by atoms with Crippen LogP contribution in [-0.4, -0.2) is 11.9 Å². The van der Waals surface area contributed by atoms with Crippen LogP contribution < -0.4 is 10.6 Å². The highest BCUT2D eigenvalue weighted by molar-refractivity contribution is 5.81. The lowest BCUT2D eigenvalue weighted by Gasteiger charge is -2.19. The molecule has 1 amide bonds. The van der Waals surface area contributed by atoms with Gasteiger partial charge in [0.15, 0.2) is 0 Å². The average Bonchev–Trinajstić information content (AvgIpc) is 3.05. The molecule has 2 unspecified atom stereocenters. The molecule has 0 aromatic carbocycles. The highest BCUT2D eigenvalue weighted by atomic mass is 16.3. The fourth-order valence-corrected chi connectivity index (χ4v) is 2.36. The van der Waals surface area contributed by atoms with Crippen LogP contribution in [0.5, 0.6) is 0 Å². The van der Waals surface area contributed by atoms with E-state index in [1.807, 2.05) is 39.8 Å². The maximum absolute atomic E-state index is 12.1. The van der Waals surface area contributed by atoms with E-state index in [1.54, 1.807) is 12.3 Å². The molecule has 2 aromatic heterocycles. The number of hydrogen-bond acceptors (Lipinski definition) is 4. The van der Waals surface area contributed by atoms with E-state index < -0.39 is 0 Å². The van der Waals surface area contributed by atoms with Gasteiger partial charge in [-0.25, -0.2) is 0 Å². The number of amides is 1. The molecule has 0 bridgehead atoms. The molecule has 0 aliphatic heterocycles. The Morgan fingerprint density at radius 3 is 2.67 bits per heavy atom. The fraction of sp³-hybridized carbons (Fsp3) is 0.438. The van der Waals surface area contributed by atoms with Gasteiger partial charge in [-0.05, 0) is 45.9 Å². The topological polar surface area (TPSA) is 67.4 Å². The number of rotatable bonds is 6. The summed E-state index contributed by atoms with van der Waals surface area (Å²) in [5, 5.41) is 6.12. The van der Waals surface area contributed by atoms with Gasteiger partial charge in [-0.15, -0.1) is 0 Å². The van der Waals surface area contributed by atoms with Crippen molar-refractivity contribution < 1.29 is 13.6 Å². The quantitative estimate of drug-likeness (QED) is 0.858. The summed E-state index contributed by atoms with van der Waals surface area (Å²) in [6.45, 7) is 8.12. The number of nitrogens with one attached hydrogen (secondary N) is 2. The molecule has 0 radical (unpaired) electrons. The minimum Gasteiger partial charge on any atom is -0.467 e. The Labute approximate surface area is 124 Å². The van der Waals surface area contributed by atoms with E-state index in [4.69, 9.17) is 8.83 Å². The minimum atomic E-state index is -0.301. The number of hydrogen-bond donors (Lipinski definition) is 2. The van der Waals surface area contributed by atoms with Crippen LogP contribution in [0.1, 0.15) is 42.7 Å². The Morgan fingerprint density at radius 2 is 2.10 bits per heavy atom. The molecule has 0 fully saturated rings. The zero-order valence-electron chi connectivity index (χ0n) is 12.9. The Kier molecular flexibility index (Phi) is 4.85. The summed E-state index contributed by atoms with van der Waals surface area (Å²) in [5.41, 5.74) is 1.08. The molecule has 0 saturated heterocycles. The molecule has 21 heavy (non-hydrogen) atoms. The molecule has 0 spiro atoms. The van der Waals surface area contributed by atoms with Crippen LogP contribution >= 0.6 is 0 Å². The number of carbonyl (C=O) groups is 1. The second-order valence-electron chi connectivity index (χ2n) is 5.28. The molecule has 0 saturated carbocycles. The molecule has 5 heteroatoms. The van der Waals surface area contributed by atoms with Crippen molar-refractivity contribution in [3.8, 4) is 0 Å². The SMILES string of the molecule is Cc1cc(C(C)NC(C)C(=O)NCc2ccco2)c(C)o1.